The first-order chi connectivity index (χ1) is 9.50. The lowest BCUT2D eigenvalue weighted by molar-refractivity contribution is 0.0939. The van der Waals surface area contributed by atoms with Crippen LogP contribution >= 0.6 is 11.6 Å². The molecule has 0 bridgehead atoms. The van der Waals surface area contributed by atoms with Crippen LogP contribution < -0.4 is 11.1 Å². The first-order valence-electron chi connectivity index (χ1n) is 6.41. The van der Waals surface area contributed by atoms with Crippen molar-refractivity contribution in [3.05, 3.63) is 64.2 Å². The predicted octanol–water partition coefficient (Wildman–Crippen LogP) is 3.72. The molecule has 0 aromatic heterocycles. The molecule has 0 spiro atoms. The first-order valence-corrected chi connectivity index (χ1v) is 6.79. The van der Waals surface area contributed by atoms with Gasteiger partial charge in [-0.05, 0) is 43.2 Å². The van der Waals surface area contributed by atoms with E-state index in [1.807, 2.05) is 38.1 Å². The zero-order valence-corrected chi connectivity index (χ0v) is 12.2. The molecule has 0 aliphatic rings. The molecule has 1 amide bonds. The van der Waals surface area contributed by atoms with E-state index >= 15 is 0 Å². The molecule has 0 saturated heterocycles. The second-order valence-corrected chi connectivity index (χ2v) is 5.14. The van der Waals surface area contributed by atoms with Gasteiger partial charge >= 0.3 is 0 Å². The highest BCUT2D eigenvalue weighted by molar-refractivity contribution is 6.31. The Labute approximate surface area is 123 Å². The van der Waals surface area contributed by atoms with E-state index in [4.69, 9.17) is 17.3 Å². The highest BCUT2D eigenvalue weighted by Crippen LogP contribution is 2.22. The Morgan fingerprint density at radius 2 is 1.90 bits per heavy atom. The Balaban J connectivity index is 2.20. The number of anilines is 1. The van der Waals surface area contributed by atoms with Gasteiger partial charge in [-0.15, -0.1) is 0 Å². The molecular formula is C16H17ClN2O. The van der Waals surface area contributed by atoms with Crippen LogP contribution in [0.5, 0.6) is 0 Å². The average molecular weight is 289 g/mol. The number of hydrogen-bond acceptors (Lipinski definition) is 2. The van der Waals surface area contributed by atoms with Crippen molar-refractivity contribution in [3.63, 3.8) is 0 Å². The van der Waals surface area contributed by atoms with Gasteiger partial charge in [-0.2, -0.15) is 0 Å². The predicted molar refractivity (Wildman–Crippen MR) is 82.9 cm³/mol. The minimum Gasteiger partial charge on any atom is -0.398 e. The standard InChI is InChI=1S/C16H17ClN2O/c1-10-12(7-5-8-14(10)17)16(20)19-11(2)13-6-3-4-9-15(13)18/h3-9,11H,18H2,1-2H3,(H,19,20). The molecule has 0 aliphatic heterocycles. The van der Waals surface area contributed by atoms with Gasteiger partial charge in [0.25, 0.3) is 5.91 Å². The minimum absolute atomic E-state index is 0.152. The Morgan fingerprint density at radius 1 is 1.20 bits per heavy atom. The van der Waals surface area contributed by atoms with Crippen LogP contribution in [0.4, 0.5) is 5.69 Å². The van der Waals surface area contributed by atoms with E-state index < -0.39 is 0 Å². The van der Waals surface area contributed by atoms with Crippen molar-refractivity contribution in [2.75, 3.05) is 5.73 Å². The van der Waals surface area contributed by atoms with Crippen molar-refractivity contribution in [2.24, 2.45) is 0 Å². The molecule has 1 unspecified atom stereocenters. The fraction of sp³-hybridized carbons (Fsp3) is 0.188. The number of carbonyl (C=O) groups is 1. The van der Waals surface area contributed by atoms with Crippen LogP contribution in [0.15, 0.2) is 42.5 Å². The smallest absolute Gasteiger partial charge is 0.252 e. The molecule has 0 aliphatic carbocycles. The summed E-state index contributed by atoms with van der Waals surface area (Å²) in [5, 5.41) is 3.53. The summed E-state index contributed by atoms with van der Waals surface area (Å²) in [6.07, 6.45) is 0. The molecule has 4 heteroatoms. The monoisotopic (exact) mass is 288 g/mol. The molecule has 2 aromatic rings. The summed E-state index contributed by atoms with van der Waals surface area (Å²) >= 11 is 6.04. The number of rotatable bonds is 3. The third-order valence-corrected chi connectivity index (χ3v) is 3.73. The third kappa shape index (κ3) is 2.94. The first kappa shape index (κ1) is 14.4. The summed E-state index contributed by atoms with van der Waals surface area (Å²) in [5.41, 5.74) is 8.85. The fourth-order valence-corrected chi connectivity index (χ4v) is 2.29. The van der Waals surface area contributed by atoms with Crippen LogP contribution in [0.2, 0.25) is 5.02 Å². The lowest BCUT2D eigenvalue weighted by atomic mass is 10.0. The Bertz CT molecular complexity index is 640. The third-order valence-electron chi connectivity index (χ3n) is 3.32. The Hall–Kier alpha value is -2.00. The molecule has 20 heavy (non-hydrogen) atoms. The van der Waals surface area contributed by atoms with Crippen LogP contribution in [0.3, 0.4) is 0 Å². The number of nitrogens with one attached hydrogen (secondary N) is 1. The minimum atomic E-state index is -0.165. The maximum Gasteiger partial charge on any atom is 0.252 e. The van der Waals surface area contributed by atoms with Gasteiger partial charge in [0.15, 0.2) is 0 Å². The topological polar surface area (TPSA) is 55.1 Å². The summed E-state index contributed by atoms with van der Waals surface area (Å²) in [5.74, 6) is -0.152. The molecule has 0 radical (unpaired) electrons. The molecule has 104 valence electrons. The molecule has 0 heterocycles. The van der Waals surface area contributed by atoms with Gasteiger partial charge in [0.05, 0.1) is 6.04 Å². The molecule has 2 aromatic carbocycles. The fourth-order valence-electron chi connectivity index (χ4n) is 2.11. The molecular weight excluding hydrogens is 272 g/mol. The lowest BCUT2D eigenvalue weighted by Crippen LogP contribution is -2.27. The van der Waals surface area contributed by atoms with E-state index in [0.717, 1.165) is 11.1 Å². The number of hydrogen-bond donors (Lipinski definition) is 2. The molecule has 2 rings (SSSR count). The van der Waals surface area contributed by atoms with Crippen molar-refractivity contribution in [1.82, 2.24) is 5.32 Å². The van der Waals surface area contributed by atoms with Crippen molar-refractivity contribution < 1.29 is 4.79 Å². The molecule has 0 saturated carbocycles. The number of amides is 1. The summed E-state index contributed by atoms with van der Waals surface area (Å²) in [7, 11) is 0. The second-order valence-electron chi connectivity index (χ2n) is 4.74. The Morgan fingerprint density at radius 3 is 2.60 bits per heavy atom. The van der Waals surface area contributed by atoms with Gasteiger partial charge in [0, 0.05) is 16.3 Å². The van der Waals surface area contributed by atoms with Gasteiger partial charge in [-0.3, -0.25) is 4.79 Å². The summed E-state index contributed by atoms with van der Waals surface area (Å²) in [6.45, 7) is 3.74. The van der Waals surface area contributed by atoms with E-state index in [-0.39, 0.29) is 11.9 Å². The number of nitrogen functional groups attached to an aromatic ring is 1. The molecule has 1 atom stereocenters. The lowest BCUT2D eigenvalue weighted by Gasteiger charge is -2.17. The Kier molecular flexibility index (Phi) is 4.30. The number of halogens is 1. The number of carbonyl (C=O) groups excluding carboxylic acids is 1. The zero-order valence-electron chi connectivity index (χ0n) is 11.5. The zero-order chi connectivity index (χ0) is 14.7. The maximum absolute atomic E-state index is 12.3. The SMILES string of the molecule is Cc1c(Cl)cccc1C(=O)NC(C)c1ccccc1N. The normalized spacial score (nSPS) is 11.9. The van der Waals surface area contributed by atoms with E-state index in [2.05, 4.69) is 5.32 Å². The highest BCUT2D eigenvalue weighted by Gasteiger charge is 2.15. The number of para-hydroxylation sites is 1. The molecule has 3 N–H and O–H groups in total. The van der Waals surface area contributed by atoms with Gasteiger partial charge < -0.3 is 11.1 Å². The van der Waals surface area contributed by atoms with E-state index in [1.165, 1.54) is 0 Å². The van der Waals surface area contributed by atoms with Crippen LogP contribution in [0.25, 0.3) is 0 Å². The van der Waals surface area contributed by atoms with Gasteiger partial charge in [-0.1, -0.05) is 35.9 Å². The number of nitrogens with two attached hydrogens (primary N) is 1. The summed E-state index contributed by atoms with van der Waals surface area (Å²) in [6, 6.07) is 12.6. The van der Waals surface area contributed by atoms with E-state index in [0.29, 0.717) is 16.3 Å². The number of benzene rings is 2. The molecule has 3 nitrogen and oxygen atoms in total. The van der Waals surface area contributed by atoms with Crippen molar-refractivity contribution in [1.29, 1.82) is 0 Å². The van der Waals surface area contributed by atoms with Crippen molar-refractivity contribution in [2.45, 2.75) is 19.9 Å². The highest BCUT2D eigenvalue weighted by atomic mass is 35.5. The van der Waals surface area contributed by atoms with Crippen LogP contribution in [0, 0.1) is 6.92 Å². The van der Waals surface area contributed by atoms with E-state index in [1.54, 1.807) is 18.2 Å². The average Bonchev–Trinajstić information content (AvgIpc) is 2.42. The molecule has 0 fully saturated rings. The summed E-state index contributed by atoms with van der Waals surface area (Å²) < 4.78 is 0. The van der Waals surface area contributed by atoms with Crippen LogP contribution in [-0.2, 0) is 0 Å². The van der Waals surface area contributed by atoms with Gasteiger partial charge in [0.1, 0.15) is 0 Å². The maximum atomic E-state index is 12.3. The van der Waals surface area contributed by atoms with Crippen LogP contribution in [-0.4, -0.2) is 5.91 Å². The second kappa shape index (κ2) is 5.97. The quantitative estimate of drug-likeness (QED) is 0.846. The van der Waals surface area contributed by atoms with E-state index in [9.17, 15) is 4.79 Å². The van der Waals surface area contributed by atoms with Gasteiger partial charge in [-0.25, -0.2) is 0 Å². The van der Waals surface area contributed by atoms with Gasteiger partial charge in [0.2, 0.25) is 0 Å². The summed E-state index contributed by atoms with van der Waals surface area (Å²) in [4.78, 5) is 12.3. The van der Waals surface area contributed by atoms with Crippen molar-refractivity contribution >= 4 is 23.2 Å². The largest absolute Gasteiger partial charge is 0.398 e. The van der Waals surface area contributed by atoms with Crippen LogP contribution in [0.1, 0.15) is 34.5 Å². The van der Waals surface area contributed by atoms with Crippen molar-refractivity contribution in [3.8, 4) is 0 Å².